The zero-order valence-corrected chi connectivity index (χ0v) is 13.2. The summed E-state index contributed by atoms with van der Waals surface area (Å²) >= 11 is 5.47. The highest BCUT2D eigenvalue weighted by Crippen LogP contribution is 2.39. The summed E-state index contributed by atoms with van der Waals surface area (Å²) in [5, 5.41) is 8.55. The molecule has 3 nitrogen and oxygen atoms in total. The van der Waals surface area contributed by atoms with Gasteiger partial charge in [0.1, 0.15) is 5.88 Å². The molecule has 0 aliphatic heterocycles. The van der Waals surface area contributed by atoms with Crippen molar-refractivity contribution < 1.29 is 18.0 Å². The number of halogens is 4. The van der Waals surface area contributed by atoms with Crippen molar-refractivity contribution >= 4 is 17.5 Å². The van der Waals surface area contributed by atoms with Crippen molar-refractivity contribution in [3.63, 3.8) is 0 Å². The molecule has 1 fully saturated rings. The second-order valence-corrected chi connectivity index (χ2v) is 4.96. The Kier molecular flexibility index (Phi) is 9.43. The molecule has 0 aromatic rings. The molecule has 0 aromatic heterocycles. The van der Waals surface area contributed by atoms with Crippen LogP contribution < -0.4 is 0 Å². The molecule has 7 heteroatoms. The summed E-state index contributed by atoms with van der Waals surface area (Å²) in [4.78, 5) is 13.0. The second kappa shape index (κ2) is 9.88. The van der Waals surface area contributed by atoms with E-state index < -0.39 is 24.0 Å². The Balaban J connectivity index is 0.00000191. The summed E-state index contributed by atoms with van der Waals surface area (Å²) < 4.78 is 38.2. The van der Waals surface area contributed by atoms with E-state index in [1.807, 2.05) is 19.9 Å². The normalized spacial score (nSPS) is 21.8. The van der Waals surface area contributed by atoms with Gasteiger partial charge < -0.3 is 4.90 Å². The average molecular weight is 327 g/mol. The number of nitrogens with zero attached hydrogens (tertiary/aromatic N) is 2. The van der Waals surface area contributed by atoms with Crippen molar-refractivity contribution in [3.8, 4) is 6.07 Å². The van der Waals surface area contributed by atoms with E-state index in [2.05, 4.69) is 0 Å². The molecular weight excluding hydrogens is 305 g/mol. The number of carbonyl (C=O) groups is 1. The third-order valence-electron chi connectivity index (χ3n) is 3.45. The van der Waals surface area contributed by atoms with Crippen LogP contribution in [0.3, 0.4) is 0 Å². The summed E-state index contributed by atoms with van der Waals surface area (Å²) in [5.74, 6) is -2.03. The van der Waals surface area contributed by atoms with E-state index >= 15 is 0 Å². The van der Waals surface area contributed by atoms with Crippen LogP contribution >= 0.6 is 11.6 Å². The third-order valence-corrected chi connectivity index (χ3v) is 3.68. The summed E-state index contributed by atoms with van der Waals surface area (Å²) in [5.41, 5.74) is 0. The van der Waals surface area contributed by atoms with Crippen LogP contribution in [0.15, 0.2) is 0 Å². The van der Waals surface area contributed by atoms with E-state index in [-0.39, 0.29) is 31.7 Å². The lowest BCUT2D eigenvalue weighted by atomic mass is 9.84. The number of hydrogen-bond acceptors (Lipinski definition) is 2. The maximum Gasteiger partial charge on any atom is 0.391 e. The minimum Gasteiger partial charge on any atom is -0.338 e. The number of rotatable bonds is 4. The molecule has 0 radical (unpaired) electrons. The Morgan fingerprint density at radius 2 is 2.00 bits per heavy atom. The number of carbonyl (C=O) groups excluding carboxylic acids is 1. The fourth-order valence-corrected chi connectivity index (χ4v) is 2.66. The topological polar surface area (TPSA) is 44.1 Å². The van der Waals surface area contributed by atoms with Gasteiger partial charge in [0, 0.05) is 12.6 Å². The van der Waals surface area contributed by atoms with Crippen LogP contribution in [-0.2, 0) is 4.79 Å². The van der Waals surface area contributed by atoms with Gasteiger partial charge in [-0.05, 0) is 19.3 Å². The second-order valence-electron chi connectivity index (χ2n) is 4.69. The molecule has 0 bridgehead atoms. The largest absolute Gasteiger partial charge is 0.391 e. The molecule has 1 rings (SSSR count). The van der Waals surface area contributed by atoms with Gasteiger partial charge in [-0.1, -0.05) is 20.3 Å². The summed E-state index contributed by atoms with van der Waals surface area (Å²) in [6.45, 7) is 4.15. The van der Waals surface area contributed by atoms with Crippen molar-refractivity contribution in [1.82, 2.24) is 4.90 Å². The highest BCUT2D eigenvalue weighted by atomic mass is 35.5. The van der Waals surface area contributed by atoms with Crippen LogP contribution in [0.2, 0.25) is 0 Å². The third kappa shape index (κ3) is 6.56. The Labute approximate surface area is 129 Å². The van der Waals surface area contributed by atoms with Crippen molar-refractivity contribution in [3.05, 3.63) is 0 Å². The highest BCUT2D eigenvalue weighted by Gasteiger charge is 2.43. The van der Waals surface area contributed by atoms with E-state index in [0.717, 1.165) is 0 Å². The lowest BCUT2D eigenvalue weighted by Gasteiger charge is -2.37. The summed E-state index contributed by atoms with van der Waals surface area (Å²) in [6, 6.07) is 1.44. The fourth-order valence-electron chi connectivity index (χ4n) is 2.50. The summed E-state index contributed by atoms with van der Waals surface area (Å²) in [7, 11) is 0. The number of alkyl halides is 4. The minimum absolute atomic E-state index is 0.0858. The molecule has 1 saturated carbocycles. The Hall–Kier alpha value is -0.960. The molecule has 1 aliphatic carbocycles. The molecular formula is C14H22ClF3N2O. The predicted octanol–water partition coefficient (Wildman–Crippen LogP) is 4.11. The fraction of sp³-hybridized carbons (Fsp3) is 0.857. The lowest BCUT2D eigenvalue weighted by Crippen LogP contribution is -2.46. The first-order chi connectivity index (χ1) is 9.90. The number of nitriles is 1. The van der Waals surface area contributed by atoms with Gasteiger partial charge in [0.25, 0.3) is 0 Å². The molecule has 0 N–H and O–H groups in total. The SMILES string of the molecule is CC.N#CCCN(C(=O)CCl)C1CCCC(C(F)(F)F)C1. The van der Waals surface area contributed by atoms with Crippen LogP contribution in [0.25, 0.3) is 0 Å². The Morgan fingerprint density at radius 1 is 1.38 bits per heavy atom. The van der Waals surface area contributed by atoms with E-state index in [0.29, 0.717) is 12.8 Å². The maximum absolute atomic E-state index is 12.7. The van der Waals surface area contributed by atoms with Gasteiger partial charge in [0.15, 0.2) is 0 Å². The quantitative estimate of drug-likeness (QED) is 0.729. The van der Waals surface area contributed by atoms with Gasteiger partial charge in [0.05, 0.1) is 18.4 Å². The van der Waals surface area contributed by atoms with Gasteiger partial charge in [-0.2, -0.15) is 18.4 Å². The van der Waals surface area contributed by atoms with Crippen molar-refractivity contribution in [2.45, 2.75) is 58.2 Å². The smallest absolute Gasteiger partial charge is 0.338 e. The Bertz CT molecular complexity index is 355. The molecule has 0 saturated heterocycles. The molecule has 122 valence electrons. The average Bonchev–Trinajstić information content (AvgIpc) is 2.49. The molecule has 0 heterocycles. The molecule has 0 aromatic carbocycles. The predicted molar refractivity (Wildman–Crippen MR) is 75.8 cm³/mol. The minimum atomic E-state index is -4.22. The van der Waals surface area contributed by atoms with E-state index in [1.54, 1.807) is 0 Å². The number of amides is 1. The van der Waals surface area contributed by atoms with Crippen LogP contribution in [0.5, 0.6) is 0 Å². The van der Waals surface area contributed by atoms with E-state index in [4.69, 9.17) is 16.9 Å². The molecule has 1 amide bonds. The molecule has 1 aliphatic rings. The first-order valence-corrected chi connectivity index (χ1v) is 7.72. The molecule has 2 unspecified atom stereocenters. The maximum atomic E-state index is 12.7. The first-order valence-electron chi connectivity index (χ1n) is 7.19. The van der Waals surface area contributed by atoms with Crippen molar-refractivity contribution in [2.75, 3.05) is 12.4 Å². The van der Waals surface area contributed by atoms with Gasteiger partial charge >= 0.3 is 6.18 Å². The lowest BCUT2D eigenvalue weighted by molar-refractivity contribution is -0.187. The van der Waals surface area contributed by atoms with Crippen molar-refractivity contribution in [2.24, 2.45) is 5.92 Å². The molecule has 2 atom stereocenters. The monoisotopic (exact) mass is 326 g/mol. The van der Waals surface area contributed by atoms with Crippen LogP contribution in [0.4, 0.5) is 13.2 Å². The van der Waals surface area contributed by atoms with Crippen LogP contribution in [0.1, 0.15) is 46.0 Å². The van der Waals surface area contributed by atoms with Crippen LogP contribution in [-0.4, -0.2) is 35.4 Å². The summed E-state index contributed by atoms with van der Waals surface area (Å²) in [6.07, 6.45) is -3.10. The van der Waals surface area contributed by atoms with E-state index in [9.17, 15) is 18.0 Å². The highest BCUT2D eigenvalue weighted by molar-refractivity contribution is 6.27. The zero-order valence-electron chi connectivity index (χ0n) is 12.4. The van der Waals surface area contributed by atoms with Gasteiger partial charge in [-0.25, -0.2) is 0 Å². The zero-order chi connectivity index (χ0) is 16.5. The van der Waals surface area contributed by atoms with Gasteiger partial charge in [0.2, 0.25) is 5.91 Å². The van der Waals surface area contributed by atoms with E-state index in [1.165, 1.54) is 4.90 Å². The standard InChI is InChI=1S/C12H16ClF3N2O.C2H6/c13-8-11(19)18(6-2-5-17)10-4-1-3-9(7-10)12(14,15)16;1-2/h9-10H,1-4,6-8H2;1-2H3. The first kappa shape index (κ1) is 20.0. The van der Waals surface area contributed by atoms with Gasteiger partial charge in [-0.15, -0.1) is 11.6 Å². The Morgan fingerprint density at radius 3 is 2.48 bits per heavy atom. The molecule has 21 heavy (non-hydrogen) atoms. The number of hydrogen-bond donors (Lipinski definition) is 0. The van der Waals surface area contributed by atoms with Crippen molar-refractivity contribution in [1.29, 1.82) is 5.26 Å². The van der Waals surface area contributed by atoms with Crippen LogP contribution in [0, 0.1) is 17.2 Å². The van der Waals surface area contributed by atoms with Gasteiger partial charge in [-0.3, -0.25) is 4.79 Å². The molecule has 0 spiro atoms.